The number of rotatable bonds is 9. The van der Waals surface area contributed by atoms with Crippen LogP contribution in [0.25, 0.3) is 0 Å². The summed E-state index contributed by atoms with van der Waals surface area (Å²) in [5.74, 6) is 0.358. The fourth-order valence-corrected chi connectivity index (χ4v) is 3.16. The summed E-state index contributed by atoms with van der Waals surface area (Å²) >= 11 is 0. The molecule has 0 radical (unpaired) electrons. The van der Waals surface area contributed by atoms with E-state index >= 15 is 0 Å². The van der Waals surface area contributed by atoms with Gasteiger partial charge in [-0.15, -0.1) is 0 Å². The van der Waals surface area contributed by atoms with Crippen LogP contribution >= 0.6 is 0 Å². The maximum absolute atomic E-state index is 3.87. The van der Waals surface area contributed by atoms with E-state index in [1.165, 1.54) is 27.8 Å². The van der Waals surface area contributed by atoms with E-state index in [2.05, 4.69) is 80.9 Å². The van der Waals surface area contributed by atoms with Crippen molar-refractivity contribution in [3.63, 3.8) is 0 Å². The smallest absolute Gasteiger partial charge is 0.0217 e. The molecular weight excluding hydrogens is 302 g/mol. The van der Waals surface area contributed by atoms with Crippen LogP contribution in [0, 0.1) is 13.8 Å². The topological polar surface area (TPSA) is 12.0 Å². The number of aryl methyl sites for hydroxylation is 2. The van der Waals surface area contributed by atoms with Crippen LogP contribution < -0.4 is 5.32 Å². The highest BCUT2D eigenvalue weighted by molar-refractivity contribution is 5.39. The highest BCUT2D eigenvalue weighted by Gasteiger charge is 2.15. The lowest BCUT2D eigenvalue weighted by Crippen LogP contribution is -2.24. The first kappa shape index (κ1) is 19.0. The lowest BCUT2D eigenvalue weighted by molar-refractivity contribution is 0.634. The van der Waals surface area contributed by atoms with Gasteiger partial charge in [0, 0.05) is 12.5 Å². The van der Waals surface area contributed by atoms with Gasteiger partial charge in [0.2, 0.25) is 0 Å². The first-order valence-electron chi connectivity index (χ1n) is 8.92. The molecule has 0 aromatic heterocycles. The van der Waals surface area contributed by atoms with Crippen molar-refractivity contribution < 1.29 is 0 Å². The minimum Gasteiger partial charge on any atom is -0.315 e. The van der Waals surface area contributed by atoms with Gasteiger partial charge in [-0.3, -0.25) is 0 Å². The number of benzene rings is 2. The Morgan fingerprint density at radius 3 is 2.56 bits per heavy atom. The zero-order valence-corrected chi connectivity index (χ0v) is 15.5. The first-order chi connectivity index (χ1) is 12.2. The fraction of sp³-hybridized carbons (Fsp3) is 0.250. The molecule has 2 aromatic carbocycles. The molecule has 0 aliphatic heterocycles. The first-order valence-corrected chi connectivity index (χ1v) is 8.92. The maximum atomic E-state index is 3.87. The largest absolute Gasteiger partial charge is 0.315 e. The highest BCUT2D eigenvalue weighted by Crippen LogP contribution is 2.27. The molecule has 0 aliphatic rings. The summed E-state index contributed by atoms with van der Waals surface area (Å²) in [6.45, 7) is 13.8. The van der Waals surface area contributed by atoms with Crippen LogP contribution in [-0.2, 0) is 0 Å². The minimum absolute atomic E-state index is 0.358. The van der Waals surface area contributed by atoms with Crippen molar-refractivity contribution in [3.8, 4) is 0 Å². The zero-order valence-electron chi connectivity index (χ0n) is 15.5. The van der Waals surface area contributed by atoms with Crippen LogP contribution in [0.15, 0.2) is 85.5 Å². The maximum Gasteiger partial charge on any atom is 0.0217 e. The van der Waals surface area contributed by atoms with Crippen molar-refractivity contribution >= 4 is 0 Å². The van der Waals surface area contributed by atoms with Crippen LogP contribution in [0.5, 0.6) is 0 Å². The number of hydrogen-bond donors (Lipinski definition) is 1. The van der Waals surface area contributed by atoms with Crippen molar-refractivity contribution in [1.29, 1.82) is 0 Å². The standard InChI is InChI=1S/C24H29N/c1-5-10-21(6-2)15-16-25-18-24(22-13-9-11-19(3)17-22)23-14-8-7-12-20(23)4/h5-14,17,24-25H,1-2,15-16,18H2,3-4H3/b21-10+. The van der Waals surface area contributed by atoms with E-state index in [0.29, 0.717) is 5.92 Å². The number of hydrogen-bond acceptors (Lipinski definition) is 1. The monoisotopic (exact) mass is 331 g/mol. The Bertz CT molecular complexity index is 739. The van der Waals surface area contributed by atoms with Gasteiger partial charge >= 0.3 is 0 Å². The van der Waals surface area contributed by atoms with Gasteiger partial charge in [0.15, 0.2) is 0 Å². The molecule has 0 saturated carbocycles. The molecule has 0 spiro atoms. The van der Waals surface area contributed by atoms with Crippen LogP contribution in [0.2, 0.25) is 0 Å². The van der Waals surface area contributed by atoms with Gasteiger partial charge < -0.3 is 5.32 Å². The van der Waals surface area contributed by atoms with E-state index in [9.17, 15) is 0 Å². The van der Waals surface area contributed by atoms with E-state index in [1.54, 1.807) is 0 Å². The van der Waals surface area contributed by atoms with E-state index in [-0.39, 0.29) is 0 Å². The molecule has 1 heteroatoms. The van der Waals surface area contributed by atoms with Crippen molar-refractivity contribution in [2.75, 3.05) is 13.1 Å². The van der Waals surface area contributed by atoms with Gasteiger partial charge in [0.1, 0.15) is 0 Å². The number of nitrogens with one attached hydrogen (secondary N) is 1. The van der Waals surface area contributed by atoms with Crippen molar-refractivity contribution in [1.82, 2.24) is 5.32 Å². The fourth-order valence-electron chi connectivity index (χ4n) is 3.16. The predicted molar refractivity (Wildman–Crippen MR) is 110 cm³/mol. The molecule has 130 valence electrons. The Morgan fingerprint density at radius 2 is 1.88 bits per heavy atom. The quantitative estimate of drug-likeness (QED) is 0.458. The summed E-state index contributed by atoms with van der Waals surface area (Å²) in [7, 11) is 0. The molecule has 25 heavy (non-hydrogen) atoms. The van der Waals surface area contributed by atoms with Gasteiger partial charge in [-0.05, 0) is 49.1 Å². The Balaban J connectivity index is 2.13. The van der Waals surface area contributed by atoms with E-state index in [1.807, 2.05) is 18.2 Å². The third-order valence-corrected chi connectivity index (χ3v) is 4.54. The summed E-state index contributed by atoms with van der Waals surface area (Å²) in [4.78, 5) is 0. The lowest BCUT2D eigenvalue weighted by Gasteiger charge is -2.21. The molecule has 0 aliphatic carbocycles. The summed E-state index contributed by atoms with van der Waals surface area (Å²) in [5.41, 5.74) is 6.62. The molecule has 2 rings (SSSR count). The van der Waals surface area contributed by atoms with Gasteiger partial charge in [-0.2, -0.15) is 0 Å². The molecule has 0 bridgehead atoms. The molecule has 0 heterocycles. The van der Waals surface area contributed by atoms with Crippen LogP contribution in [0.4, 0.5) is 0 Å². The molecule has 1 atom stereocenters. The lowest BCUT2D eigenvalue weighted by atomic mass is 9.87. The molecule has 0 amide bonds. The van der Waals surface area contributed by atoms with Crippen molar-refractivity contribution in [2.45, 2.75) is 26.2 Å². The van der Waals surface area contributed by atoms with E-state index in [0.717, 1.165) is 19.5 Å². The second-order valence-electron chi connectivity index (χ2n) is 6.46. The average molecular weight is 332 g/mol. The predicted octanol–water partition coefficient (Wildman–Crippen LogP) is 5.71. The Hall–Kier alpha value is -2.38. The SMILES string of the molecule is C=C/C=C(\C=C)CCNCC(c1cccc(C)c1)c1ccccc1C. The van der Waals surface area contributed by atoms with Crippen LogP contribution in [0.1, 0.15) is 34.6 Å². The molecule has 1 N–H and O–H groups in total. The molecule has 2 aromatic rings. The van der Waals surface area contributed by atoms with Gasteiger partial charge in [-0.25, -0.2) is 0 Å². The average Bonchev–Trinajstić information content (AvgIpc) is 2.61. The third kappa shape index (κ3) is 5.58. The van der Waals surface area contributed by atoms with E-state index in [4.69, 9.17) is 0 Å². The second-order valence-corrected chi connectivity index (χ2v) is 6.46. The van der Waals surface area contributed by atoms with Gasteiger partial charge in [0.05, 0.1) is 0 Å². The van der Waals surface area contributed by atoms with Crippen LogP contribution in [-0.4, -0.2) is 13.1 Å². The van der Waals surface area contributed by atoms with E-state index < -0.39 is 0 Å². The second kappa shape index (κ2) is 9.80. The third-order valence-electron chi connectivity index (χ3n) is 4.54. The molecule has 1 nitrogen and oxygen atoms in total. The van der Waals surface area contributed by atoms with Gasteiger partial charge in [-0.1, -0.05) is 85.5 Å². The molecule has 1 unspecified atom stereocenters. The Kier molecular flexibility index (Phi) is 7.43. The number of allylic oxidation sites excluding steroid dienone is 3. The summed E-state index contributed by atoms with van der Waals surface area (Å²) in [6, 6.07) is 17.5. The molecule has 0 saturated heterocycles. The summed E-state index contributed by atoms with van der Waals surface area (Å²) < 4.78 is 0. The zero-order chi connectivity index (χ0) is 18.1. The summed E-state index contributed by atoms with van der Waals surface area (Å²) in [6.07, 6.45) is 6.71. The van der Waals surface area contributed by atoms with Crippen molar-refractivity contribution in [2.24, 2.45) is 0 Å². The highest BCUT2D eigenvalue weighted by atomic mass is 14.9. The molecule has 0 fully saturated rings. The Labute approximate surface area is 152 Å². The van der Waals surface area contributed by atoms with Crippen LogP contribution in [0.3, 0.4) is 0 Å². The van der Waals surface area contributed by atoms with Crippen molar-refractivity contribution in [3.05, 3.63) is 108 Å². The minimum atomic E-state index is 0.358. The summed E-state index contributed by atoms with van der Waals surface area (Å²) in [5, 5.41) is 3.63. The van der Waals surface area contributed by atoms with Gasteiger partial charge in [0.25, 0.3) is 0 Å². The Morgan fingerprint density at radius 1 is 1.08 bits per heavy atom. The normalized spacial score (nSPS) is 12.6. The molecular formula is C24H29N.